The maximum absolute atomic E-state index is 12.5. The molecule has 2 aliphatic heterocycles. The van der Waals surface area contributed by atoms with E-state index in [1.54, 1.807) is 6.07 Å². The van der Waals surface area contributed by atoms with Gasteiger partial charge in [0.1, 0.15) is 0 Å². The van der Waals surface area contributed by atoms with Crippen molar-refractivity contribution in [1.82, 2.24) is 4.90 Å². The normalized spacial score (nSPS) is 39.9. The highest BCUT2D eigenvalue weighted by Gasteiger charge is 2.65. The summed E-state index contributed by atoms with van der Waals surface area (Å²) in [5.41, 5.74) is 2.26. The van der Waals surface area contributed by atoms with Crippen LogP contribution in [0.4, 0.5) is 0 Å². The number of nitrogens with zero attached hydrogens (tertiary/aromatic N) is 1. The second kappa shape index (κ2) is 3.61. The molecule has 1 spiro atoms. The van der Waals surface area contributed by atoms with Gasteiger partial charge < -0.3 is 14.7 Å². The van der Waals surface area contributed by atoms with Gasteiger partial charge in [-0.1, -0.05) is 6.07 Å². The molecule has 110 valence electrons. The Balaban J connectivity index is 1.83. The van der Waals surface area contributed by atoms with E-state index in [9.17, 15) is 9.90 Å². The molecule has 2 heterocycles. The van der Waals surface area contributed by atoms with E-state index in [1.807, 2.05) is 6.07 Å². The number of hydrogen-bond donors (Lipinski definition) is 1. The highest BCUT2D eigenvalue weighted by atomic mass is 16.5. The summed E-state index contributed by atoms with van der Waals surface area (Å²) in [5.74, 6) is 1.50. The van der Waals surface area contributed by atoms with Crippen molar-refractivity contribution in [2.45, 2.75) is 43.2 Å². The number of Topliss-reactive ketones (excluding diaryl/α,β-unsaturated/α-hetero) is 1. The predicted molar refractivity (Wildman–Crippen MR) is 76.7 cm³/mol. The molecule has 0 radical (unpaired) electrons. The highest BCUT2D eigenvalue weighted by Crippen LogP contribution is 2.62. The average molecular weight is 285 g/mol. The van der Waals surface area contributed by atoms with Crippen LogP contribution in [-0.2, 0) is 16.6 Å². The number of rotatable bonds is 0. The lowest BCUT2D eigenvalue weighted by molar-refractivity contribution is -0.138. The van der Waals surface area contributed by atoms with Gasteiger partial charge in [-0.25, -0.2) is 0 Å². The first-order valence-electron chi connectivity index (χ1n) is 7.88. The van der Waals surface area contributed by atoms with Crippen molar-refractivity contribution < 1.29 is 14.6 Å². The molecular formula is C17H19NO3. The van der Waals surface area contributed by atoms with Crippen molar-refractivity contribution in [1.29, 1.82) is 0 Å². The third kappa shape index (κ3) is 1.20. The Morgan fingerprint density at radius 3 is 3.14 bits per heavy atom. The minimum absolute atomic E-state index is 0.172. The van der Waals surface area contributed by atoms with E-state index < -0.39 is 0 Å². The molecule has 4 aliphatic rings. The maximum atomic E-state index is 12.5. The molecule has 1 aromatic rings. The van der Waals surface area contributed by atoms with Gasteiger partial charge >= 0.3 is 0 Å². The molecule has 4 heteroatoms. The highest BCUT2D eigenvalue weighted by molar-refractivity contribution is 5.89. The molecule has 4 nitrogen and oxygen atoms in total. The van der Waals surface area contributed by atoms with Gasteiger partial charge in [-0.05, 0) is 50.4 Å². The van der Waals surface area contributed by atoms with Crippen LogP contribution in [0.15, 0.2) is 12.1 Å². The number of carbonyl (C=O) groups is 1. The van der Waals surface area contributed by atoms with Crippen LogP contribution in [0.3, 0.4) is 0 Å². The quantitative estimate of drug-likeness (QED) is 0.787. The molecule has 1 unspecified atom stereocenters. The molecule has 2 fully saturated rings. The summed E-state index contributed by atoms with van der Waals surface area (Å²) in [4.78, 5) is 14.9. The molecule has 0 aromatic heterocycles. The summed E-state index contributed by atoms with van der Waals surface area (Å²) in [5, 5.41) is 10.2. The van der Waals surface area contributed by atoms with E-state index in [0.717, 1.165) is 31.4 Å². The number of likely N-dealkylation sites (tertiary alicyclic amines) is 1. The fourth-order valence-corrected chi connectivity index (χ4v) is 5.52. The number of hydrogen-bond acceptors (Lipinski definition) is 4. The molecule has 21 heavy (non-hydrogen) atoms. The number of benzene rings is 1. The lowest BCUT2D eigenvalue weighted by Gasteiger charge is -2.57. The maximum Gasteiger partial charge on any atom is 0.174 e. The number of aromatic hydroxyl groups is 1. The number of ketones is 1. The SMILES string of the molecule is CN1CCC23c4c5ccc(O)c4O[C@H]2C(=O)CC[C@H]3[C@H]1C5. The summed E-state index contributed by atoms with van der Waals surface area (Å²) in [6.45, 7) is 1.00. The first-order valence-corrected chi connectivity index (χ1v) is 7.88. The first-order chi connectivity index (χ1) is 10.1. The van der Waals surface area contributed by atoms with Crippen LogP contribution in [0.2, 0.25) is 0 Å². The van der Waals surface area contributed by atoms with Gasteiger partial charge in [-0.15, -0.1) is 0 Å². The summed E-state index contributed by atoms with van der Waals surface area (Å²) in [6.07, 6.45) is 3.18. The number of likely N-dealkylation sites (N-methyl/N-ethyl adjacent to an activating group) is 1. The Morgan fingerprint density at radius 2 is 2.29 bits per heavy atom. The number of phenolic OH excluding ortho intramolecular Hbond substituents is 1. The first kappa shape index (κ1) is 12.0. The summed E-state index contributed by atoms with van der Waals surface area (Å²) in [6, 6.07) is 4.26. The minimum Gasteiger partial charge on any atom is -0.504 e. The van der Waals surface area contributed by atoms with Crippen molar-refractivity contribution in [3.05, 3.63) is 23.3 Å². The van der Waals surface area contributed by atoms with Crippen molar-refractivity contribution in [3.63, 3.8) is 0 Å². The van der Waals surface area contributed by atoms with E-state index in [1.165, 1.54) is 5.56 Å². The lowest BCUT2D eigenvalue weighted by Crippen LogP contribution is -2.65. The van der Waals surface area contributed by atoms with Gasteiger partial charge in [0.05, 0.1) is 0 Å². The predicted octanol–water partition coefficient (Wildman–Crippen LogP) is 1.63. The van der Waals surface area contributed by atoms with Crippen molar-refractivity contribution >= 4 is 5.78 Å². The van der Waals surface area contributed by atoms with Crippen LogP contribution < -0.4 is 4.74 Å². The monoisotopic (exact) mass is 285 g/mol. The van der Waals surface area contributed by atoms with Crippen molar-refractivity contribution in [3.8, 4) is 11.5 Å². The van der Waals surface area contributed by atoms with Gasteiger partial charge in [0.2, 0.25) is 0 Å². The standard InChI is InChI=1S/C17H19NO3/c1-18-7-6-17-10-3-5-13(20)16(17)21-15-12(19)4-2-9(14(15)17)8-11(10)18/h2,4,10-11,16,19H,3,5-8H2,1H3/t10-,11+,16-,17?/m0/s1. The second-order valence-electron chi connectivity index (χ2n) is 7.10. The zero-order chi connectivity index (χ0) is 14.4. The molecule has 2 aliphatic carbocycles. The molecular weight excluding hydrogens is 266 g/mol. The van der Waals surface area contributed by atoms with Gasteiger partial charge in [-0.2, -0.15) is 0 Å². The minimum atomic E-state index is -0.366. The fraction of sp³-hybridized carbons (Fsp3) is 0.588. The largest absolute Gasteiger partial charge is 0.504 e. The molecule has 0 amide bonds. The number of piperidine rings is 1. The van der Waals surface area contributed by atoms with E-state index in [4.69, 9.17) is 4.74 Å². The third-order valence-electron chi connectivity index (χ3n) is 6.39. The Morgan fingerprint density at radius 1 is 1.43 bits per heavy atom. The molecule has 4 atom stereocenters. The number of ether oxygens (including phenoxy) is 1. The summed E-state index contributed by atoms with van der Waals surface area (Å²) < 4.78 is 6.04. The molecule has 5 rings (SSSR count). The summed E-state index contributed by atoms with van der Waals surface area (Å²) >= 11 is 0. The van der Waals surface area contributed by atoms with Crippen molar-refractivity contribution in [2.75, 3.05) is 13.6 Å². The van der Waals surface area contributed by atoms with E-state index in [0.29, 0.717) is 24.1 Å². The average Bonchev–Trinajstić information content (AvgIpc) is 2.83. The fourth-order valence-electron chi connectivity index (χ4n) is 5.52. The third-order valence-corrected chi connectivity index (χ3v) is 6.39. The zero-order valence-corrected chi connectivity index (χ0v) is 12.1. The van der Waals surface area contributed by atoms with Crippen LogP contribution in [0.5, 0.6) is 11.5 Å². The van der Waals surface area contributed by atoms with E-state index >= 15 is 0 Å². The molecule has 1 aromatic carbocycles. The van der Waals surface area contributed by atoms with Crippen LogP contribution in [-0.4, -0.2) is 41.5 Å². The van der Waals surface area contributed by atoms with Gasteiger partial charge in [0.15, 0.2) is 23.4 Å². The molecule has 1 saturated carbocycles. The Bertz CT molecular complexity index is 670. The summed E-state index contributed by atoms with van der Waals surface area (Å²) in [7, 11) is 2.20. The van der Waals surface area contributed by atoms with Crippen LogP contribution in [0.25, 0.3) is 0 Å². The van der Waals surface area contributed by atoms with E-state index in [-0.39, 0.29) is 23.1 Å². The molecule has 2 bridgehead atoms. The Kier molecular flexibility index (Phi) is 2.07. The van der Waals surface area contributed by atoms with Crippen LogP contribution >= 0.6 is 0 Å². The smallest absolute Gasteiger partial charge is 0.174 e. The molecule has 1 saturated heterocycles. The second-order valence-corrected chi connectivity index (χ2v) is 7.10. The Labute approximate surface area is 123 Å². The molecule has 1 N–H and O–H groups in total. The lowest BCUT2D eigenvalue weighted by atomic mass is 9.52. The zero-order valence-electron chi connectivity index (χ0n) is 12.1. The number of carbonyl (C=O) groups excluding carboxylic acids is 1. The van der Waals surface area contributed by atoms with Gasteiger partial charge in [0.25, 0.3) is 0 Å². The number of phenols is 1. The van der Waals surface area contributed by atoms with Gasteiger partial charge in [0, 0.05) is 23.4 Å². The topological polar surface area (TPSA) is 49.8 Å². The van der Waals surface area contributed by atoms with Crippen molar-refractivity contribution in [2.24, 2.45) is 5.92 Å². The van der Waals surface area contributed by atoms with E-state index in [2.05, 4.69) is 11.9 Å². The van der Waals surface area contributed by atoms with Gasteiger partial charge in [-0.3, -0.25) is 4.79 Å². The van der Waals surface area contributed by atoms with Crippen LogP contribution in [0, 0.1) is 5.92 Å². The van der Waals surface area contributed by atoms with Crippen LogP contribution in [0.1, 0.15) is 30.4 Å². The Hall–Kier alpha value is -1.55.